The number of hydrogen-bond donors (Lipinski definition) is 1. The standard InChI is InChI=1S/C17H18N4O2S/c1-12-9-14-16(24-12)20-11-21(17(14)23)10-15(22)19-8-4-6-13-5-2-3-7-18-13/h2-3,5,7,9,11H,4,6,8,10H2,1H3,(H,19,22). The zero-order valence-electron chi connectivity index (χ0n) is 13.4. The summed E-state index contributed by atoms with van der Waals surface area (Å²) in [6.45, 7) is 2.47. The van der Waals surface area contributed by atoms with Crippen molar-refractivity contribution < 1.29 is 4.79 Å². The molecule has 6 nitrogen and oxygen atoms in total. The number of nitrogens with one attached hydrogen (secondary N) is 1. The summed E-state index contributed by atoms with van der Waals surface area (Å²) < 4.78 is 1.35. The van der Waals surface area contributed by atoms with Crippen molar-refractivity contribution in [1.82, 2.24) is 19.9 Å². The van der Waals surface area contributed by atoms with E-state index in [-0.39, 0.29) is 18.0 Å². The first-order chi connectivity index (χ1) is 11.6. The molecule has 0 fully saturated rings. The zero-order chi connectivity index (χ0) is 16.9. The molecule has 0 atom stereocenters. The molecule has 0 aliphatic heterocycles. The third-order valence-electron chi connectivity index (χ3n) is 3.61. The highest BCUT2D eigenvalue weighted by Crippen LogP contribution is 2.19. The monoisotopic (exact) mass is 342 g/mol. The van der Waals surface area contributed by atoms with Gasteiger partial charge >= 0.3 is 0 Å². The molecular formula is C17H18N4O2S. The maximum absolute atomic E-state index is 12.3. The molecule has 3 aromatic rings. The van der Waals surface area contributed by atoms with E-state index in [9.17, 15) is 9.59 Å². The van der Waals surface area contributed by atoms with E-state index in [1.54, 1.807) is 6.20 Å². The van der Waals surface area contributed by atoms with Crippen LogP contribution >= 0.6 is 11.3 Å². The number of fused-ring (bicyclic) bond motifs is 1. The average molecular weight is 342 g/mol. The van der Waals surface area contributed by atoms with Crippen LogP contribution in [0, 0.1) is 6.92 Å². The van der Waals surface area contributed by atoms with Gasteiger partial charge in [0.05, 0.1) is 11.7 Å². The van der Waals surface area contributed by atoms with Gasteiger partial charge in [-0.05, 0) is 38.0 Å². The highest BCUT2D eigenvalue weighted by molar-refractivity contribution is 7.18. The molecule has 0 spiro atoms. The molecule has 1 N–H and O–H groups in total. The van der Waals surface area contributed by atoms with Crippen molar-refractivity contribution in [2.45, 2.75) is 26.3 Å². The summed E-state index contributed by atoms with van der Waals surface area (Å²) in [7, 11) is 0. The first-order valence-corrected chi connectivity index (χ1v) is 8.57. The van der Waals surface area contributed by atoms with Gasteiger partial charge in [0, 0.05) is 23.3 Å². The molecule has 124 valence electrons. The Labute approximate surface area is 143 Å². The first-order valence-electron chi connectivity index (χ1n) is 7.75. The number of nitrogens with zero attached hydrogens (tertiary/aromatic N) is 3. The van der Waals surface area contributed by atoms with E-state index in [0.29, 0.717) is 16.8 Å². The summed E-state index contributed by atoms with van der Waals surface area (Å²) >= 11 is 1.48. The van der Waals surface area contributed by atoms with Crippen LogP contribution in [0.15, 0.2) is 41.6 Å². The fourth-order valence-corrected chi connectivity index (χ4v) is 3.28. The molecule has 0 bridgehead atoms. The molecule has 1 amide bonds. The van der Waals surface area contributed by atoms with Crippen molar-refractivity contribution >= 4 is 27.5 Å². The quantitative estimate of drug-likeness (QED) is 0.694. The van der Waals surface area contributed by atoms with Crippen molar-refractivity contribution in [3.63, 3.8) is 0 Å². The van der Waals surface area contributed by atoms with Crippen LogP contribution in [0.1, 0.15) is 17.0 Å². The van der Waals surface area contributed by atoms with Gasteiger partial charge in [0.2, 0.25) is 5.91 Å². The predicted octanol–water partition coefficient (Wildman–Crippen LogP) is 1.91. The van der Waals surface area contributed by atoms with Crippen molar-refractivity contribution in [3.8, 4) is 0 Å². The maximum Gasteiger partial charge on any atom is 0.262 e. The lowest BCUT2D eigenvalue weighted by Crippen LogP contribution is -2.33. The third kappa shape index (κ3) is 3.86. The molecule has 3 rings (SSSR count). The number of amides is 1. The summed E-state index contributed by atoms with van der Waals surface area (Å²) in [5, 5.41) is 3.40. The SMILES string of the molecule is Cc1cc2c(=O)n(CC(=O)NCCCc3ccccn3)cnc2s1. The molecule has 7 heteroatoms. The minimum atomic E-state index is -0.189. The molecule has 3 aromatic heterocycles. The van der Waals surface area contributed by atoms with Crippen molar-refractivity contribution in [3.05, 3.63) is 57.7 Å². The molecule has 3 heterocycles. The molecule has 0 unspecified atom stereocenters. The van der Waals surface area contributed by atoms with Gasteiger partial charge in [-0.3, -0.25) is 19.1 Å². The largest absolute Gasteiger partial charge is 0.355 e. The number of carbonyl (C=O) groups excluding carboxylic acids is 1. The van der Waals surface area contributed by atoms with Gasteiger partial charge in [0.15, 0.2) is 0 Å². The van der Waals surface area contributed by atoms with Crippen molar-refractivity contribution in [2.24, 2.45) is 0 Å². The van der Waals surface area contributed by atoms with Crippen LogP contribution < -0.4 is 10.9 Å². The van der Waals surface area contributed by atoms with Gasteiger partial charge in [0.1, 0.15) is 11.4 Å². The number of aryl methyl sites for hydroxylation is 2. The average Bonchev–Trinajstić information content (AvgIpc) is 2.97. The number of rotatable bonds is 6. The topological polar surface area (TPSA) is 76.9 Å². The Hall–Kier alpha value is -2.54. The van der Waals surface area contributed by atoms with Gasteiger partial charge in [-0.2, -0.15) is 0 Å². The smallest absolute Gasteiger partial charge is 0.262 e. The van der Waals surface area contributed by atoms with E-state index in [4.69, 9.17) is 0 Å². The van der Waals surface area contributed by atoms with Gasteiger partial charge in [0.25, 0.3) is 5.56 Å². The lowest BCUT2D eigenvalue weighted by atomic mass is 10.2. The molecule has 0 aliphatic rings. The third-order valence-corrected chi connectivity index (χ3v) is 4.57. The van der Waals surface area contributed by atoms with Gasteiger partial charge in [-0.1, -0.05) is 6.07 Å². The number of pyridine rings is 1. The number of thiophene rings is 1. The molecule has 0 aromatic carbocycles. The first kappa shape index (κ1) is 16.3. The highest BCUT2D eigenvalue weighted by Gasteiger charge is 2.09. The van der Waals surface area contributed by atoms with E-state index in [2.05, 4.69) is 15.3 Å². The van der Waals surface area contributed by atoms with E-state index >= 15 is 0 Å². The minimum Gasteiger partial charge on any atom is -0.355 e. The zero-order valence-corrected chi connectivity index (χ0v) is 14.2. The van der Waals surface area contributed by atoms with Gasteiger partial charge in [-0.25, -0.2) is 4.98 Å². The molecular weight excluding hydrogens is 324 g/mol. The second-order valence-electron chi connectivity index (χ2n) is 5.53. The van der Waals surface area contributed by atoms with Gasteiger partial charge in [-0.15, -0.1) is 11.3 Å². The van der Waals surface area contributed by atoms with E-state index in [0.717, 1.165) is 23.4 Å². The Morgan fingerprint density at radius 3 is 3.00 bits per heavy atom. The van der Waals surface area contributed by atoms with Gasteiger partial charge < -0.3 is 5.32 Å². The molecule has 24 heavy (non-hydrogen) atoms. The molecule has 0 saturated carbocycles. The molecule has 0 aliphatic carbocycles. The Morgan fingerprint density at radius 2 is 2.21 bits per heavy atom. The Kier molecular flexibility index (Phi) is 5.00. The van der Waals surface area contributed by atoms with Crippen LogP contribution in [0.2, 0.25) is 0 Å². The summed E-state index contributed by atoms with van der Waals surface area (Å²) in [5.41, 5.74) is 0.832. The summed E-state index contributed by atoms with van der Waals surface area (Å²) in [6, 6.07) is 7.60. The van der Waals surface area contributed by atoms with Crippen LogP contribution in [-0.2, 0) is 17.8 Å². The normalized spacial score (nSPS) is 10.9. The Balaban J connectivity index is 1.53. The maximum atomic E-state index is 12.3. The van der Waals surface area contributed by atoms with Crippen molar-refractivity contribution in [1.29, 1.82) is 0 Å². The fraction of sp³-hybridized carbons (Fsp3) is 0.294. The van der Waals surface area contributed by atoms with Crippen LogP contribution in [0.25, 0.3) is 10.2 Å². The summed E-state index contributed by atoms with van der Waals surface area (Å²) in [6.07, 6.45) is 4.81. The summed E-state index contributed by atoms with van der Waals surface area (Å²) in [4.78, 5) is 34.6. The number of hydrogen-bond acceptors (Lipinski definition) is 5. The van der Waals surface area contributed by atoms with Crippen LogP contribution in [0.3, 0.4) is 0 Å². The second kappa shape index (κ2) is 7.35. The summed E-state index contributed by atoms with van der Waals surface area (Å²) in [5.74, 6) is -0.189. The fourth-order valence-electron chi connectivity index (χ4n) is 2.45. The van der Waals surface area contributed by atoms with E-state index < -0.39 is 0 Å². The minimum absolute atomic E-state index is 0.0136. The molecule has 0 saturated heterocycles. The Morgan fingerprint density at radius 1 is 1.33 bits per heavy atom. The number of carbonyl (C=O) groups is 1. The number of aromatic nitrogens is 3. The van der Waals surface area contributed by atoms with Crippen molar-refractivity contribution in [2.75, 3.05) is 6.54 Å². The van der Waals surface area contributed by atoms with Crippen LogP contribution in [0.4, 0.5) is 0 Å². The van der Waals surface area contributed by atoms with Crippen LogP contribution in [0.5, 0.6) is 0 Å². The Bertz CT molecular complexity index is 902. The predicted molar refractivity (Wildman–Crippen MR) is 94.2 cm³/mol. The van der Waals surface area contributed by atoms with E-state index in [1.807, 2.05) is 31.2 Å². The lowest BCUT2D eigenvalue weighted by molar-refractivity contribution is -0.121. The second-order valence-corrected chi connectivity index (χ2v) is 6.76. The highest BCUT2D eigenvalue weighted by atomic mass is 32.1. The van der Waals surface area contributed by atoms with E-state index in [1.165, 1.54) is 22.2 Å². The molecule has 0 radical (unpaired) electrons. The lowest BCUT2D eigenvalue weighted by Gasteiger charge is -2.07. The van der Waals surface area contributed by atoms with Crippen LogP contribution in [-0.4, -0.2) is 27.0 Å².